The van der Waals surface area contributed by atoms with Crippen LogP contribution in [0.25, 0.3) is 0 Å². The number of carbonyl (C=O) groups is 1. The van der Waals surface area contributed by atoms with Crippen molar-refractivity contribution in [2.45, 2.75) is 37.5 Å². The molecule has 3 N–H and O–H groups in total. The Kier molecular flexibility index (Phi) is 4.46. The normalized spacial score (nSPS) is 26.9. The van der Waals surface area contributed by atoms with Gasteiger partial charge in [-0.1, -0.05) is 48.5 Å². The lowest BCUT2D eigenvalue weighted by Gasteiger charge is -2.24. The Hall–Kier alpha value is -2.17. The lowest BCUT2D eigenvalue weighted by Crippen LogP contribution is -2.45. The van der Waals surface area contributed by atoms with Crippen LogP contribution in [0.1, 0.15) is 33.8 Å². The number of hydrogen-bond donors (Lipinski definition) is 3. The van der Waals surface area contributed by atoms with Crippen LogP contribution in [0.5, 0.6) is 0 Å². The van der Waals surface area contributed by atoms with Gasteiger partial charge in [0.2, 0.25) is 0 Å². The number of rotatable bonds is 3. The minimum atomic E-state index is -0.965. The van der Waals surface area contributed by atoms with Crippen molar-refractivity contribution in [1.82, 2.24) is 5.32 Å². The third-order valence-corrected chi connectivity index (χ3v) is 4.61. The van der Waals surface area contributed by atoms with Gasteiger partial charge in [0.15, 0.2) is 0 Å². The molecular weight excluding hydrogens is 290 g/mol. The zero-order valence-corrected chi connectivity index (χ0v) is 13.0. The number of amides is 1. The minimum Gasteiger partial charge on any atom is -0.390 e. The molecule has 0 spiro atoms. The summed E-state index contributed by atoms with van der Waals surface area (Å²) in [5.74, 6) is -0.323. The van der Waals surface area contributed by atoms with Crippen LogP contribution in [0.4, 0.5) is 0 Å². The highest BCUT2D eigenvalue weighted by Gasteiger charge is 2.43. The molecule has 1 amide bonds. The minimum absolute atomic E-state index is 0.103. The van der Waals surface area contributed by atoms with Crippen LogP contribution in [0.3, 0.4) is 0 Å². The van der Waals surface area contributed by atoms with Crippen LogP contribution < -0.4 is 5.32 Å². The monoisotopic (exact) mass is 311 g/mol. The van der Waals surface area contributed by atoms with E-state index in [9.17, 15) is 15.0 Å². The van der Waals surface area contributed by atoms with Crippen molar-refractivity contribution in [2.24, 2.45) is 0 Å². The van der Waals surface area contributed by atoms with E-state index in [1.165, 1.54) is 0 Å². The van der Waals surface area contributed by atoms with Gasteiger partial charge in [-0.25, -0.2) is 0 Å². The summed E-state index contributed by atoms with van der Waals surface area (Å²) in [5, 5.41) is 23.2. The Bertz CT molecular complexity index is 686. The second-order valence-electron chi connectivity index (χ2n) is 6.12. The molecule has 120 valence electrons. The fourth-order valence-corrected chi connectivity index (χ4v) is 3.31. The molecule has 0 aliphatic heterocycles. The SMILES string of the molecule is Cc1ccccc1C(=O)NC1C(c2ccccc2)CC(O)C1O. The summed E-state index contributed by atoms with van der Waals surface area (Å²) in [4.78, 5) is 12.5. The molecule has 3 rings (SSSR count). The number of aliphatic hydroxyl groups is 2. The van der Waals surface area contributed by atoms with Gasteiger partial charge in [-0.3, -0.25) is 4.79 Å². The van der Waals surface area contributed by atoms with E-state index in [1.54, 1.807) is 6.07 Å². The first-order valence-corrected chi connectivity index (χ1v) is 7.85. The molecule has 4 nitrogen and oxygen atoms in total. The van der Waals surface area contributed by atoms with E-state index < -0.39 is 18.2 Å². The summed E-state index contributed by atoms with van der Waals surface area (Å²) >= 11 is 0. The van der Waals surface area contributed by atoms with E-state index >= 15 is 0 Å². The molecule has 0 aromatic heterocycles. The third kappa shape index (κ3) is 3.14. The summed E-state index contributed by atoms with van der Waals surface area (Å²) in [7, 11) is 0. The van der Waals surface area contributed by atoms with Gasteiger partial charge < -0.3 is 15.5 Å². The van der Waals surface area contributed by atoms with E-state index in [1.807, 2.05) is 55.5 Å². The summed E-state index contributed by atoms with van der Waals surface area (Å²) in [6, 6.07) is 16.5. The Labute approximate surface area is 135 Å². The first-order valence-electron chi connectivity index (χ1n) is 7.85. The van der Waals surface area contributed by atoms with Gasteiger partial charge in [0, 0.05) is 11.5 Å². The highest BCUT2D eigenvalue weighted by atomic mass is 16.3. The van der Waals surface area contributed by atoms with Gasteiger partial charge in [0.05, 0.1) is 12.1 Å². The Balaban J connectivity index is 1.84. The molecule has 0 radical (unpaired) electrons. The largest absolute Gasteiger partial charge is 0.390 e. The standard InChI is InChI=1S/C19H21NO3/c1-12-7-5-6-10-14(12)19(23)20-17-15(11-16(21)18(17)22)13-8-3-2-4-9-13/h2-10,15-18,21-22H,11H2,1H3,(H,20,23). The summed E-state index contributed by atoms with van der Waals surface area (Å²) < 4.78 is 0. The van der Waals surface area contributed by atoms with Crippen molar-refractivity contribution in [2.75, 3.05) is 0 Å². The molecule has 0 saturated heterocycles. The predicted octanol–water partition coefficient (Wildman–Crippen LogP) is 2.00. The second kappa shape index (κ2) is 6.52. The summed E-state index contributed by atoms with van der Waals surface area (Å²) in [6.45, 7) is 1.88. The van der Waals surface area contributed by atoms with E-state index in [0.29, 0.717) is 12.0 Å². The van der Waals surface area contributed by atoms with Crippen LogP contribution in [0, 0.1) is 6.92 Å². The topological polar surface area (TPSA) is 69.6 Å². The van der Waals surface area contributed by atoms with Gasteiger partial charge in [0.1, 0.15) is 6.10 Å². The van der Waals surface area contributed by atoms with Crippen LogP contribution in [-0.4, -0.2) is 34.4 Å². The Morgan fingerprint density at radius 3 is 2.39 bits per heavy atom. The quantitative estimate of drug-likeness (QED) is 0.812. The fourth-order valence-electron chi connectivity index (χ4n) is 3.31. The highest BCUT2D eigenvalue weighted by molar-refractivity contribution is 5.95. The summed E-state index contributed by atoms with van der Waals surface area (Å²) in [5.41, 5.74) is 2.49. The lowest BCUT2D eigenvalue weighted by molar-refractivity contribution is 0.0294. The zero-order chi connectivity index (χ0) is 16.4. The maximum Gasteiger partial charge on any atom is 0.251 e. The average Bonchev–Trinajstić information content (AvgIpc) is 2.84. The molecule has 0 bridgehead atoms. The molecule has 4 unspecified atom stereocenters. The highest BCUT2D eigenvalue weighted by Crippen LogP contribution is 2.35. The molecule has 2 aromatic rings. The number of hydrogen-bond acceptors (Lipinski definition) is 3. The van der Waals surface area contributed by atoms with Gasteiger partial charge in [-0.05, 0) is 30.5 Å². The third-order valence-electron chi connectivity index (χ3n) is 4.61. The number of carbonyl (C=O) groups excluding carboxylic acids is 1. The van der Waals surface area contributed by atoms with E-state index in [-0.39, 0.29) is 11.8 Å². The molecule has 1 saturated carbocycles. The summed E-state index contributed by atoms with van der Waals surface area (Å²) in [6.07, 6.45) is -1.36. The zero-order valence-electron chi connectivity index (χ0n) is 13.0. The first-order chi connectivity index (χ1) is 11.1. The molecule has 1 aliphatic carbocycles. The van der Waals surface area contributed by atoms with Crippen molar-refractivity contribution in [3.8, 4) is 0 Å². The predicted molar refractivity (Wildman–Crippen MR) is 88.2 cm³/mol. The smallest absolute Gasteiger partial charge is 0.251 e. The number of aryl methyl sites for hydroxylation is 1. The van der Waals surface area contributed by atoms with Gasteiger partial charge in [-0.15, -0.1) is 0 Å². The van der Waals surface area contributed by atoms with Gasteiger partial charge in [0.25, 0.3) is 5.91 Å². The first kappa shape index (κ1) is 15.7. The second-order valence-corrected chi connectivity index (χ2v) is 6.12. The molecular formula is C19H21NO3. The van der Waals surface area contributed by atoms with Crippen LogP contribution in [0.15, 0.2) is 54.6 Å². The molecule has 0 heterocycles. The van der Waals surface area contributed by atoms with E-state index in [0.717, 1.165) is 11.1 Å². The van der Waals surface area contributed by atoms with E-state index in [2.05, 4.69) is 5.32 Å². The Morgan fingerprint density at radius 2 is 1.70 bits per heavy atom. The Morgan fingerprint density at radius 1 is 1.04 bits per heavy atom. The average molecular weight is 311 g/mol. The molecule has 1 fully saturated rings. The van der Waals surface area contributed by atoms with Gasteiger partial charge in [-0.2, -0.15) is 0 Å². The molecule has 4 atom stereocenters. The molecule has 1 aliphatic rings. The van der Waals surface area contributed by atoms with Crippen LogP contribution in [0.2, 0.25) is 0 Å². The number of aliphatic hydroxyl groups excluding tert-OH is 2. The fraction of sp³-hybridized carbons (Fsp3) is 0.316. The van der Waals surface area contributed by atoms with E-state index in [4.69, 9.17) is 0 Å². The van der Waals surface area contributed by atoms with Gasteiger partial charge >= 0.3 is 0 Å². The maximum atomic E-state index is 12.5. The van der Waals surface area contributed by atoms with Crippen molar-refractivity contribution in [3.05, 3.63) is 71.3 Å². The van der Waals surface area contributed by atoms with Crippen LogP contribution >= 0.6 is 0 Å². The van der Waals surface area contributed by atoms with Crippen molar-refractivity contribution in [3.63, 3.8) is 0 Å². The number of benzene rings is 2. The molecule has 2 aromatic carbocycles. The van der Waals surface area contributed by atoms with Crippen LogP contribution in [-0.2, 0) is 0 Å². The van der Waals surface area contributed by atoms with Crippen molar-refractivity contribution in [1.29, 1.82) is 0 Å². The van der Waals surface area contributed by atoms with Crippen molar-refractivity contribution >= 4 is 5.91 Å². The molecule has 23 heavy (non-hydrogen) atoms. The molecule has 4 heteroatoms. The number of nitrogens with one attached hydrogen (secondary N) is 1. The lowest BCUT2D eigenvalue weighted by atomic mass is 9.93. The van der Waals surface area contributed by atoms with Crippen molar-refractivity contribution < 1.29 is 15.0 Å². The maximum absolute atomic E-state index is 12.5.